The van der Waals surface area contributed by atoms with E-state index in [4.69, 9.17) is 16.9 Å². The molecule has 2 rings (SSSR count). The molecule has 0 aliphatic carbocycles. The number of sulfonamides is 1. The molecule has 0 bridgehead atoms. The predicted molar refractivity (Wildman–Crippen MR) is 114 cm³/mol. The molecule has 0 unspecified atom stereocenters. The van der Waals surface area contributed by atoms with E-state index in [-0.39, 0.29) is 22.4 Å². The fourth-order valence-corrected chi connectivity index (χ4v) is 3.93. The summed E-state index contributed by atoms with van der Waals surface area (Å²) in [5.41, 5.74) is 1.43. The molecule has 0 saturated carbocycles. The highest BCUT2D eigenvalue weighted by atomic mass is 35.5. The predicted octanol–water partition coefficient (Wildman–Crippen LogP) is 3.68. The van der Waals surface area contributed by atoms with Crippen LogP contribution in [0.4, 0.5) is 11.4 Å². The zero-order chi connectivity index (χ0) is 21.4. The van der Waals surface area contributed by atoms with Crippen LogP contribution in [-0.4, -0.2) is 38.8 Å². The van der Waals surface area contributed by atoms with Gasteiger partial charge in [-0.3, -0.25) is 4.79 Å². The Morgan fingerprint density at radius 1 is 1.17 bits per heavy atom. The summed E-state index contributed by atoms with van der Waals surface area (Å²) in [5.74, 6) is -0.304. The molecule has 0 saturated heterocycles. The van der Waals surface area contributed by atoms with Crippen molar-refractivity contribution in [3.8, 4) is 6.07 Å². The molecule has 1 amide bonds. The maximum absolute atomic E-state index is 12.5. The summed E-state index contributed by atoms with van der Waals surface area (Å²) < 4.78 is 26.3. The Hall–Kier alpha value is -2.60. The number of hydrogen-bond donors (Lipinski definition) is 2. The van der Waals surface area contributed by atoms with Crippen molar-refractivity contribution in [1.29, 1.82) is 5.26 Å². The summed E-state index contributed by atoms with van der Waals surface area (Å²) in [6.45, 7) is 2.46. The number of unbranched alkanes of at least 4 members (excludes halogenated alkanes) is 1. The molecule has 0 atom stereocenters. The number of carbonyl (C=O) groups excluding carboxylic acids is 1. The zero-order valence-electron chi connectivity index (χ0n) is 16.3. The zero-order valence-corrected chi connectivity index (χ0v) is 17.8. The minimum atomic E-state index is -3.52. The fraction of sp³-hybridized carbons (Fsp3) is 0.300. The lowest BCUT2D eigenvalue weighted by Gasteiger charge is -2.17. The van der Waals surface area contributed by atoms with Gasteiger partial charge in [0.1, 0.15) is 6.07 Å². The highest BCUT2D eigenvalue weighted by Gasteiger charge is 2.19. The van der Waals surface area contributed by atoms with Crippen LogP contribution in [0.15, 0.2) is 47.4 Å². The summed E-state index contributed by atoms with van der Waals surface area (Å²) >= 11 is 5.95. The molecule has 0 aromatic heterocycles. The van der Waals surface area contributed by atoms with Gasteiger partial charge in [0.2, 0.25) is 15.9 Å². The molecule has 0 fully saturated rings. The van der Waals surface area contributed by atoms with Gasteiger partial charge in [-0.15, -0.1) is 0 Å². The van der Waals surface area contributed by atoms with Crippen LogP contribution in [0.3, 0.4) is 0 Å². The van der Waals surface area contributed by atoms with Crippen LogP contribution in [0.25, 0.3) is 0 Å². The molecule has 0 radical (unpaired) electrons. The molecular weight excluding hydrogens is 412 g/mol. The van der Waals surface area contributed by atoms with Crippen molar-refractivity contribution in [3.05, 3.63) is 53.1 Å². The fourth-order valence-electron chi connectivity index (χ4n) is 2.50. The Bertz CT molecular complexity index is 1000. The summed E-state index contributed by atoms with van der Waals surface area (Å²) in [7, 11) is -1.95. The topological polar surface area (TPSA) is 102 Å². The quantitative estimate of drug-likeness (QED) is 0.626. The summed E-state index contributed by atoms with van der Waals surface area (Å²) in [5, 5.41) is 14.7. The number of carbonyl (C=O) groups is 1. The monoisotopic (exact) mass is 434 g/mol. The highest BCUT2D eigenvalue weighted by Crippen LogP contribution is 2.20. The average molecular weight is 435 g/mol. The summed E-state index contributed by atoms with van der Waals surface area (Å²) in [6, 6.07) is 12.8. The number of amides is 1. The lowest BCUT2D eigenvalue weighted by molar-refractivity contribution is -0.114. The van der Waals surface area contributed by atoms with Gasteiger partial charge in [0.25, 0.3) is 0 Å². The van der Waals surface area contributed by atoms with E-state index in [1.807, 2.05) is 13.0 Å². The lowest BCUT2D eigenvalue weighted by atomic mass is 10.2. The van der Waals surface area contributed by atoms with Crippen molar-refractivity contribution in [3.63, 3.8) is 0 Å². The van der Waals surface area contributed by atoms with E-state index in [9.17, 15) is 13.2 Å². The van der Waals surface area contributed by atoms with E-state index in [1.165, 1.54) is 28.6 Å². The first-order chi connectivity index (χ1) is 13.8. The maximum Gasteiger partial charge on any atom is 0.243 e. The van der Waals surface area contributed by atoms with Gasteiger partial charge in [-0.25, -0.2) is 12.7 Å². The third-order valence-electron chi connectivity index (χ3n) is 4.22. The highest BCUT2D eigenvalue weighted by molar-refractivity contribution is 7.89. The summed E-state index contributed by atoms with van der Waals surface area (Å²) in [6.07, 6.45) is 1.72. The van der Waals surface area contributed by atoms with Crippen molar-refractivity contribution in [2.24, 2.45) is 0 Å². The van der Waals surface area contributed by atoms with Crippen LogP contribution in [0.5, 0.6) is 0 Å². The van der Waals surface area contributed by atoms with Crippen LogP contribution in [0.2, 0.25) is 5.02 Å². The van der Waals surface area contributed by atoms with Gasteiger partial charge in [0.15, 0.2) is 0 Å². The number of halogens is 1. The second-order valence-corrected chi connectivity index (χ2v) is 8.86. The molecule has 0 aliphatic rings. The Morgan fingerprint density at radius 2 is 1.83 bits per heavy atom. The normalized spacial score (nSPS) is 11.1. The van der Waals surface area contributed by atoms with Crippen molar-refractivity contribution in [1.82, 2.24) is 4.31 Å². The van der Waals surface area contributed by atoms with Gasteiger partial charge >= 0.3 is 0 Å². The van der Waals surface area contributed by atoms with Gasteiger partial charge < -0.3 is 10.6 Å². The van der Waals surface area contributed by atoms with Crippen molar-refractivity contribution < 1.29 is 13.2 Å². The third-order valence-corrected chi connectivity index (χ3v) is 6.40. The van der Waals surface area contributed by atoms with Crippen LogP contribution in [-0.2, 0) is 14.8 Å². The van der Waals surface area contributed by atoms with E-state index in [0.717, 1.165) is 12.8 Å². The molecule has 9 heteroatoms. The molecule has 154 valence electrons. The van der Waals surface area contributed by atoms with Gasteiger partial charge in [-0.05, 0) is 48.9 Å². The first kappa shape index (κ1) is 22.7. The third kappa shape index (κ3) is 6.19. The number of nitrogens with one attached hydrogen (secondary N) is 2. The van der Waals surface area contributed by atoms with Crippen LogP contribution < -0.4 is 10.6 Å². The van der Waals surface area contributed by atoms with Crippen LogP contribution in [0, 0.1) is 11.3 Å². The minimum Gasteiger partial charge on any atom is -0.376 e. The number of nitrogens with zero attached hydrogens (tertiary/aromatic N) is 2. The van der Waals surface area contributed by atoms with Crippen molar-refractivity contribution in [2.75, 3.05) is 30.8 Å². The average Bonchev–Trinajstić information content (AvgIpc) is 2.71. The Balaban J connectivity index is 1.94. The minimum absolute atomic E-state index is 0.0138. The molecule has 7 nitrogen and oxygen atoms in total. The van der Waals surface area contributed by atoms with Crippen LogP contribution in [0.1, 0.15) is 25.3 Å². The van der Waals surface area contributed by atoms with E-state index in [2.05, 4.69) is 10.6 Å². The van der Waals surface area contributed by atoms with Crippen molar-refractivity contribution in [2.45, 2.75) is 24.7 Å². The molecule has 29 heavy (non-hydrogen) atoms. The summed E-state index contributed by atoms with van der Waals surface area (Å²) in [4.78, 5) is 12.3. The SMILES string of the molecule is CCCCN(C)S(=O)(=O)c1ccc(NCC(=O)Nc2ccc(C#N)c(Cl)c2)cc1. The van der Waals surface area contributed by atoms with Gasteiger partial charge in [0.05, 0.1) is 22.0 Å². The molecule has 0 heterocycles. The Labute approximate surface area is 176 Å². The molecule has 0 aliphatic heterocycles. The smallest absolute Gasteiger partial charge is 0.243 e. The first-order valence-corrected chi connectivity index (χ1v) is 10.9. The van der Waals surface area contributed by atoms with Gasteiger partial charge in [-0.2, -0.15) is 5.26 Å². The number of anilines is 2. The number of hydrogen-bond acceptors (Lipinski definition) is 5. The van der Waals surface area contributed by atoms with E-state index < -0.39 is 10.0 Å². The second-order valence-electron chi connectivity index (χ2n) is 6.41. The largest absolute Gasteiger partial charge is 0.376 e. The molecule has 0 spiro atoms. The number of benzene rings is 2. The van der Waals surface area contributed by atoms with Crippen molar-refractivity contribution >= 4 is 38.9 Å². The van der Waals surface area contributed by atoms with E-state index in [1.54, 1.807) is 25.2 Å². The van der Waals surface area contributed by atoms with Crippen LogP contribution >= 0.6 is 11.6 Å². The molecular formula is C20H23ClN4O3S. The number of rotatable bonds is 9. The van der Waals surface area contributed by atoms with Gasteiger partial charge in [-0.1, -0.05) is 24.9 Å². The standard InChI is InChI=1S/C20H23ClN4O3S/c1-3-4-11-25(2)29(27,28)18-9-7-16(8-10-18)23-14-20(26)24-17-6-5-15(13-22)19(21)12-17/h5-10,12,23H,3-4,11,14H2,1-2H3,(H,24,26). The van der Waals surface area contributed by atoms with E-state index >= 15 is 0 Å². The maximum atomic E-state index is 12.5. The lowest BCUT2D eigenvalue weighted by Crippen LogP contribution is -2.28. The first-order valence-electron chi connectivity index (χ1n) is 9.07. The van der Waals surface area contributed by atoms with Gasteiger partial charge in [0, 0.05) is 25.0 Å². The van der Waals surface area contributed by atoms with E-state index in [0.29, 0.717) is 23.5 Å². The number of nitriles is 1. The molecule has 2 aromatic carbocycles. The second kappa shape index (κ2) is 10.3. The molecule has 2 aromatic rings. The molecule has 2 N–H and O–H groups in total. The Morgan fingerprint density at radius 3 is 2.41 bits per heavy atom. The Kier molecular flexibility index (Phi) is 8.02.